The van der Waals surface area contributed by atoms with Gasteiger partial charge in [0.25, 0.3) is 0 Å². The van der Waals surface area contributed by atoms with E-state index in [0.29, 0.717) is 12.1 Å². The predicted molar refractivity (Wildman–Crippen MR) is 82.5 cm³/mol. The lowest BCUT2D eigenvalue weighted by molar-refractivity contribution is -0.126. The van der Waals surface area contributed by atoms with Gasteiger partial charge >= 0.3 is 0 Å². The van der Waals surface area contributed by atoms with E-state index in [0.717, 1.165) is 32.4 Å². The van der Waals surface area contributed by atoms with Gasteiger partial charge in [0.2, 0.25) is 5.91 Å². The summed E-state index contributed by atoms with van der Waals surface area (Å²) in [6.45, 7) is 6.68. The molecule has 3 N–H and O–H groups in total. The molecule has 2 aliphatic rings. The Labute approximate surface area is 123 Å². The zero-order valence-electron chi connectivity index (χ0n) is 13.2. The van der Waals surface area contributed by atoms with Crippen molar-refractivity contribution in [3.05, 3.63) is 0 Å². The van der Waals surface area contributed by atoms with Gasteiger partial charge < -0.3 is 16.0 Å². The number of primary amides is 1. The highest BCUT2D eigenvalue weighted by atomic mass is 16.1. The molecular formula is C16H31N3O. The van der Waals surface area contributed by atoms with E-state index >= 15 is 0 Å². The number of amides is 1. The molecule has 0 aromatic carbocycles. The third-order valence-corrected chi connectivity index (χ3v) is 4.98. The molecule has 2 unspecified atom stereocenters. The van der Waals surface area contributed by atoms with Gasteiger partial charge in [-0.05, 0) is 58.0 Å². The van der Waals surface area contributed by atoms with Gasteiger partial charge in [0.05, 0.1) is 5.54 Å². The van der Waals surface area contributed by atoms with Crippen molar-refractivity contribution in [2.75, 3.05) is 13.1 Å². The highest BCUT2D eigenvalue weighted by Gasteiger charge is 2.45. The van der Waals surface area contributed by atoms with Crippen LogP contribution in [0, 0.1) is 0 Å². The van der Waals surface area contributed by atoms with Crippen molar-refractivity contribution in [3.8, 4) is 0 Å². The van der Waals surface area contributed by atoms with Crippen LogP contribution in [-0.4, -0.2) is 41.5 Å². The predicted octanol–water partition coefficient (Wildman–Crippen LogP) is 2.03. The highest BCUT2D eigenvalue weighted by molar-refractivity contribution is 5.85. The van der Waals surface area contributed by atoms with Crippen LogP contribution in [0.3, 0.4) is 0 Å². The Morgan fingerprint density at radius 3 is 2.65 bits per heavy atom. The maximum atomic E-state index is 12.1. The fraction of sp³-hybridized carbons (Fsp3) is 0.938. The van der Waals surface area contributed by atoms with Gasteiger partial charge in [-0.1, -0.05) is 20.3 Å². The first kappa shape index (κ1) is 15.8. The van der Waals surface area contributed by atoms with Crippen LogP contribution in [0.1, 0.15) is 65.2 Å². The minimum Gasteiger partial charge on any atom is -0.368 e. The topological polar surface area (TPSA) is 58.4 Å². The Morgan fingerprint density at radius 1 is 1.35 bits per heavy atom. The summed E-state index contributed by atoms with van der Waals surface area (Å²) < 4.78 is 0. The largest absolute Gasteiger partial charge is 0.368 e. The molecule has 20 heavy (non-hydrogen) atoms. The average molecular weight is 281 g/mol. The van der Waals surface area contributed by atoms with E-state index in [1.807, 2.05) is 0 Å². The number of hydrogen-bond acceptors (Lipinski definition) is 3. The normalized spacial score (nSPS) is 30.6. The summed E-state index contributed by atoms with van der Waals surface area (Å²) in [6.07, 6.45) is 9.00. The number of nitrogens with zero attached hydrogens (tertiary/aromatic N) is 1. The molecule has 0 bridgehead atoms. The van der Waals surface area contributed by atoms with Crippen LogP contribution in [0.25, 0.3) is 0 Å². The maximum absolute atomic E-state index is 12.1. The summed E-state index contributed by atoms with van der Waals surface area (Å²) in [7, 11) is 0. The van der Waals surface area contributed by atoms with E-state index < -0.39 is 5.54 Å². The number of unbranched alkanes of at least 4 members (excludes halogenated alkanes) is 1. The molecule has 2 rings (SSSR count). The minimum absolute atomic E-state index is 0.138. The van der Waals surface area contributed by atoms with Crippen LogP contribution >= 0.6 is 0 Å². The van der Waals surface area contributed by atoms with E-state index in [2.05, 4.69) is 24.1 Å². The van der Waals surface area contributed by atoms with Gasteiger partial charge in [0, 0.05) is 12.1 Å². The summed E-state index contributed by atoms with van der Waals surface area (Å²) in [5, 5.41) is 3.57. The average Bonchev–Trinajstić information content (AvgIpc) is 3.24. The molecule has 4 heteroatoms. The standard InChI is InChI=1S/C16H31N3O/c1-3-5-11-19(4-2)14-7-6-10-16(12-14,15(17)20)18-13-8-9-13/h13-14,18H,3-12H2,1-2H3,(H2,17,20). The molecule has 0 aliphatic heterocycles. The van der Waals surface area contributed by atoms with Crippen molar-refractivity contribution < 1.29 is 4.79 Å². The molecule has 2 aliphatic carbocycles. The molecule has 0 heterocycles. The van der Waals surface area contributed by atoms with Gasteiger partial charge in [0.15, 0.2) is 0 Å². The van der Waals surface area contributed by atoms with Gasteiger partial charge in [-0.3, -0.25) is 4.79 Å². The monoisotopic (exact) mass is 281 g/mol. The molecule has 4 nitrogen and oxygen atoms in total. The third-order valence-electron chi connectivity index (χ3n) is 4.98. The van der Waals surface area contributed by atoms with E-state index in [9.17, 15) is 4.79 Å². The van der Waals surface area contributed by atoms with E-state index in [1.54, 1.807) is 0 Å². The first-order chi connectivity index (χ1) is 9.61. The van der Waals surface area contributed by atoms with Gasteiger partial charge in [-0.25, -0.2) is 0 Å². The van der Waals surface area contributed by atoms with Gasteiger partial charge in [-0.15, -0.1) is 0 Å². The van der Waals surface area contributed by atoms with Crippen molar-refractivity contribution in [2.45, 2.75) is 82.8 Å². The van der Waals surface area contributed by atoms with Gasteiger partial charge in [0.1, 0.15) is 0 Å². The maximum Gasteiger partial charge on any atom is 0.237 e. The molecule has 0 aromatic heterocycles. The summed E-state index contributed by atoms with van der Waals surface area (Å²) in [5.41, 5.74) is 5.32. The Morgan fingerprint density at radius 2 is 2.10 bits per heavy atom. The smallest absolute Gasteiger partial charge is 0.237 e. The van der Waals surface area contributed by atoms with Crippen LogP contribution in [0.15, 0.2) is 0 Å². The molecule has 0 spiro atoms. The van der Waals surface area contributed by atoms with E-state index in [4.69, 9.17) is 5.73 Å². The number of rotatable bonds is 8. The second kappa shape index (κ2) is 6.90. The number of nitrogens with two attached hydrogens (primary N) is 1. The fourth-order valence-corrected chi connectivity index (χ4v) is 3.56. The first-order valence-electron chi connectivity index (χ1n) is 8.43. The third kappa shape index (κ3) is 3.73. The quantitative estimate of drug-likeness (QED) is 0.715. The van der Waals surface area contributed by atoms with E-state index in [-0.39, 0.29) is 5.91 Å². The summed E-state index contributed by atoms with van der Waals surface area (Å²) in [4.78, 5) is 14.6. The summed E-state index contributed by atoms with van der Waals surface area (Å²) in [6, 6.07) is 1.05. The Hall–Kier alpha value is -0.610. The van der Waals surface area contributed by atoms with Gasteiger partial charge in [-0.2, -0.15) is 0 Å². The Bertz CT molecular complexity index is 330. The van der Waals surface area contributed by atoms with Crippen molar-refractivity contribution in [2.24, 2.45) is 5.73 Å². The number of nitrogens with one attached hydrogen (secondary N) is 1. The zero-order chi connectivity index (χ0) is 14.6. The Kier molecular flexibility index (Phi) is 5.44. The summed E-state index contributed by atoms with van der Waals surface area (Å²) in [5.74, 6) is -0.138. The van der Waals surface area contributed by atoms with Crippen LogP contribution in [0.2, 0.25) is 0 Å². The molecule has 116 valence electrons. The van der Waals surface area contributed by atoms with Crippen molar-refractivity contribution in [1.82, 2.24) is 10.2 Å². The lowest BCUT2D eigenvalue weighted by Gasteiger charge is -2.43. The van der Waals surface area contributed by atoms with Crippen LogP contribution in [0.5, 0.6) is 0 Å². The molecule has 0 aromatic rings. The second-order valence-electron chi connectivity index (χ2n) is 6.60. The van der Waals surface area contributed by atoms with Crippen molar-refractivity contribution in [3.63, 3.8) is 0 Å². The number of hydrogen-bond donors (Lipinski definition) is 2. The fourth-order valence-electron chi connectivity index (χ4n) is 3.56. The summed E-state index contributed by atoms with van der Waals surface area (Å²) >= 11 is 0. The Balaban J connectivity index is 2.01. The molecule has 0 radical (unpaired) electrons. The first-order valence-corrected chi connectivity index (χ1v) is 8.43. The molecule has 2 atom stereocenters. The van der Waals surface area contributed by atoms with Crippen molar-refractivity contribution in [1.29, 1.82) is 0 Å². The molecule has 2 fully saturated rings. The number of carbonyl (C=O) groups excluding carboxylic acids is 1. The molecular weight excluding hydrogens is 250 g/mol. The zero-order valence-corrected chi connectivity index (χ0v) is 13.2. The number of carbonyl (C=O) groups is 1. The van der Waals surface area contributed by atoms with Crippen molar-refractivity contribution >= 4 is 5.91 Å². The molecule has 1 amide bonds. The van der Waals surface area contributed by atoms with Crippen LogP contribution in [-0.2, 0) is 4.79 Å². The lowest BCUT2D eigenvalue weighted by Crippen LogP contribution is -2.61. The molecule has 0 saturated heterocycles. The molecule has 2 saturated carbocycles. The van der Waals surface area contributed by atoms with Crippen LogP contribution < -0.4 is 11.1 Å². The van der Waals surface area contributed by atoms with E-state index in [1.165, 1.54) is 32.1 Å². The highest BCUT2D eigenvalue weighted by Crippen LogP contribution is 2.34. The lowest BCUT2D eigenvalue weighted by atomic mass is 9.77. The SMILES string of the molecule is CCCCN(CC)C1CCCC(NC2CC2)(C(N)=O)C1. The van der Waals surface area contributed by atoms with Crippen LogP contribution in [0.4, 0.5) is 0 Å². The minimum atomic E-state index is -0.441. The second-order valence-corrected chi connectivity index (χ2v) is 6.60.